The lowest BCUT2D eigenvalue weighted by Crippen LogP contribution is -2.07. The summed E-state index contributed by atoms with van der Waals surface area (Å²) >= 11 is 0. The molecule has 4 nitrogen and oxygen atoms in total. The number of rotatable bonds is 5. The zero-order chi connectivity index (χ0) is 12.1. The lowest BCUT2D eigenvalue weighted by molar-refractivity contribution is 0.111. The van der Waals surface area contributed by atoms with Crippen LogP contribution >= 0.6 is 0 Å². The van der Waals surface area contributed by atoms with E-state index in [-0.39, 0.29) is 0 Å². The molecule has 0 bridgehead atoms. The van der Waals surface area contributed by atoms with E-state index in [1.807, 2.05) is 35.0 Å². The fourth-order valence-corrected chi connectivity index (χ4v) is 1.82. The molecule has 0 aliphatic carbocycles. The second-order valence-corrected chi connectivity index (χ2v) is 3.93. The first-order chi connectivity index (χ1) is 8.35. The molecular formula is C13H15N3O. The first-order valence-electron chi connectivity index (χ1n) is 5.76. The monoisotopic (exact) mass is 229 g/mol. The van der Waals surface area contributed by atoms with E-state index in [0.717, 1.165) is 30.4 Å². The van der Waals surface area contributed by atoms with Crippen LogP contribution in [0.1, 0.15) is 35.1 Å². The molecule has 0 saturated carbocycles. The average Bonchev–Trinajstić information content (AvgIpc) is 2.74. The van der Waals surface area contributed by atoms with Crippen LogP contribution in [-0.2, 0) is 13.0 Å². The van der Waals surface area contributed by atoms with Crippen LogP contribution in [0, 0.1) is 0 Å². The Labute approximate surface area is 100 Å². The molecule has 2 rings (SSSR count). The Morgan fingerprint density at radius 2 is 2.06 bits per heavy atom. The fourth-order valence-electron chi connectivity index (χ4n) is 1.82. The number of aldehydes is 1. The molecule has 0 saturated heterocycles. The van der Waals surface area contributed by atoms with Crippen molar-refractivity contribution in [2.45, 2.75) is 26.3 Å². The molecule has 0 unspecified atom stereocenters. The van der Waals surface area contributed by atoms with E-state index < -0.39 is 0 Å². The van der Waals surface area contributed by atoms with Gasteiger partial charge in [0, 0.05) is 0 Å². The molecule has 0 amide bonds. The van der Waals surface area contributed by atoms with Gasteiger partial charge in [0.15, 0.2) is 6.29 Å². The molecular weight excluding hydrogens is 214 g/mol. The van der Waals surface area contributed by atoms with Gasteiger partial charge in [-0.1, -0.05) is 48.9 Å². The average molecular weight is 229 g/mol. The summed E-state index contributed by atoms with van der Waals surface area (Å²) in [6.07, 6.45) is 2.58. The van der Waals surface area contributed by atoms with Crippen molar-refractivity contribution in [3.63, 3.8) is 0 Å². The maximum atomic E-state index is 10.9. The first kappa shape index (κ1) is 11.5. The Kier molecular flexibility index (Phi) is 3.65. The smallest absolute Gasteiger partial charge is 0.172 e. The molecule has 4 heteroatoms. The molecule has 0 spiro atoms. The van der Waals surface area contributed by atoms with E-state index >= 15 is 0 Å². The maximum absolute atomic E-state index is 10.9. The molecule has 2 aromatic rings. The van der Waals surface area contributed by atoms with Crippen molar-refractivity contribution in [1.82, 2.24) is 15.0 Å². The highest BCUT2D eigenvalue weighted by atomic mass is 16.1. The second kappa shape index (κ2) is 5.39. The van der Waals surface area contributed by atoms with Gasteiger partial charge in [-0.05, 0) is 12.0 Å². The summed E-state index contributed by atoms with van der Waals surface area (Å²) in [6.45, 7) is 2.74. The Hall–Kier alpha value is -1.97. The summed E-state index contributed by atoms with van der Waals surface area (Å²) in [6, 6.07) is 10.0. The second-order valence-electron chi connectivity index (χ2n) is 3.93. The third kappa shape index (κ3) is 2.58. The van der Waals surface area contributed by atoms with Crippen LogP contribution in [0.2, 0.25) is 0 Å². The van der Waals surface area contributed by atoms with Crippen LogP contribution < -0.4 is 0 Å². The van der Waals surface area contributed by atoms with Gasteiger partial charge in [0.2, 0.25) is 0 Å². The van der Waals surface area contributed by atoms with Crippen molar-refractivity contribution in [2.75, 3.05) is 0 Å². The van der Waals surface area contributed by atoms with E-state index in [1.165, 1.54) is 0 Å². The predicted molar refractivity (Wildman–Crippen MR) is 64.9 cm³/mol. The summed E-state index contributed by atoms with van der Waals surface area (Å²) in [5.41, 5.74) is 2.54. The van der Waals surface area contributed by atoms with Crippen LogP contribution in [0.5, 0.6) is 0 Å². The highest BCUT2D eigenvalue weighted by Crippen LogP contribution is 2.09. The molecule has 0 atom stereocenters. The minimum absolute atomic E-state index is 0.461. The number of aromatic nitrogens is 3. The fraction of sp³-hybridized carbons (Fsp3) is 0.308. The van der Waals surface area contributed by atoms with Crippen molar-refractivity contribution in [3.8, 4) is 0 Å². The van der Waals surface area contributed by atoms with Crippen LogP contribution in [0.15, 0.2) is 30.3 Å². The molecule has 1 heterocycles. The SMILES string of the molecule is CCCc1c(C=O)nnn1Cc1ccccc1. The standard InChI is InChI=1S/C13H15N3O/c1-2-6-13-12(10-17)14-15-16(13)9-11-7-4-3-5-8-11/h3-5,7-8,10H,2,6,9H2,1H3. The molecule has 0 radical (unpaired) electrons. The summed E-state index contributed by atoms with van der Waals surface area (Å²) in [5.74, 6) is 0. The molecule has 1 aromatic heterocycles. The summed E-state index contributed by atoms with van der Waals surface area (Å²) in [4.78, 5) is 10.9. The van der Waals surface area contributed by atoms with Crippen molar-refractivity contribution in [2.24, 2.45) is 0 Å². The predicted octanol–water partition coefficient (Wildman–Crippen LogP) is 2.09. The van der Waals surface area contributed by atoms with Crippen molar-refractivity contribution in [1.29, 1.82) is 0 Å². The number of hydrogen-bond acceptors (Lipinski definition) is 3. The molecule has 0 N–H and O–H groups in total. The number of nitrogens with zero attached hydrogens (tertiary/aromatic N) is 3. The van der Waals surface area contributed by atoms with E-state index in [2.05, 4.69) is 17.2 Å². The quantitative estimate of drug-likeness (QED) is 0.737. The first-order valence-corrected chi connectivity index (χ1v) is 5.76. The van der Waals surface area contributed by atoms with E-state index in [9.17, 15) is 4.79 Å². The Morgan fingerprint density at radius 3 is 2.71 bits per heavy atom. The van der Waals surface area contributed by atoms with Gasteiger partial charge in [0.25, 0.3) is 0 Å². The largest absolute Gasteiger partial charge is 0.296 e. The normalized spacial score (nSPS) is 10.4. The molecule has 0 aliphatic heterocycles. The lowest BCUT2D eigenvalue weighted by atomic mass is 10.2. The number of carbonyl (C=O) groups is 1. The van der Waals surface area contributed by atoms with Gasteiger partial charge in [-0.3, -0.25) is 4.79 Å². The minimum atomic E-state index is 0.461. The van der Waals surface area contributed by atoms with Crippen molar-refractivity contribution in [3.05, 3.63) is 47.3 Å². The summed E-state index contributed by atoms with van der Waals surface area (Å²) in [5, 5.41) is 7.93. The van der Waals surface area contributed by atoms with Gasteiger partial charge in [0.1, 0.15) is 5.69 Å². The minimum Gasteiger partial charge on any atom is -0.296 e. The van der Waals surface area contributed by atoms with Gasteiger partial charge in [-0.2, -0.15) is 0 Å². The van der Waals surface area contributed by atoms with Crippen molar-refractivity contribution < 1.29 is 4.79 Å². The van der Waals surface area contributed by atoms with E-state index in [0.29, 0.717) is 12.2 Å². The Morgan fingerprint density at radius 1 is 1.29 bits per heavy atom. The third-order valence-corrected chi connectivity index (χ3v) is 2.64. The number of benzene rings is 1. The van der Waals surface area contributed by atoms with Crippen LogP contribution in [0.3, 0.4) is 0 Å². The van der Waals surface area contributed by atoms with Gasteiger partial charge in [-0.15, -0.1) is 5.10 Å². The van der Waals surface area contributed by atoms with Crippen molar-refractivity contribution >= 4 is 6.29 Å². The van der Waals surface area contributed by atoms with E-state index in [4.69, 9.17) is 0 Å². The van der Waals surface area contributed by atoms with Gasteiger partial charge < -0.3 is 0 Å². The zero-order valence-corrected chi connectivity index (χ0v) is 9.84. The Bertz CT molecular complexity index is 491. The van der Waals surface area contributed by atoms with Crippen LogP contribution in [0.4, 0.5) is 0 Å². The molecule has 17 heavy (non-hydrogen) atoms. The van der Waals surface area contributed by atoms with Gasteiger partial charge in [-0.25, -0.2) is 4.68 Å². The number of hydrogen-bond donors (Lipinski definition) is 0. The molecule has 88 valence electrons. The highest BCUT2D eigenvalue weighted by Gasteiger charge is 2.11. The highest BCUT2D eigenvalue weighted by molar-refractivity contribution is 5.73. The Balaban J connectivity index is 2.26. The van der Waals surface area contributed by atoms with Crippen LogP contribution in [0.25, 0.3) is 0 Å². The molecule has 0 aliphatic rings. The van der Waals surface area contributed by atoms with Crippen LogP contribution in [-0.4, -0.2) is 21.3 Å². The zero-order valence-electron chi connectivity index (χ0n) is 9.84. The van der Waals surface area contributed by atoms with E-state index in [1.54, 1.807) is 0 Å². The summed E-state index contributed by atoms with van der Waals surface area (Å²) in [7, 11) is 0. The summed E-state index contributed by atoms with van der Waals surface area (Å²) < 4.78 is 1.81. The maximum Gasteiger partial charge on any atom is 0.172 e. The van der Waals surface area contributed by atoms with Gasteiger partial charge >= 0.3 is 0 Å². The topological polar surface area (TPSA) is 47.8 Å². The third-order valence-electron chi connectivity index (χ3n) is 2.64. The number of carbonyl (C=O) groups excluding carboxylic acids is 1. The molecule has 1 aromatic carbocycles. The molecule has 0 fully saturated rings. The van der Waals surface area contributed by atoms with Gasteiger partial charge in [0.05, 0.1) is 12.2 Å². The lowest BCUT2D eigenvalue weighted by Gasteiger charge is -2.05.